The lowest BCUT2D eigenvalue weighted by molar-refractivity contribution is -0.143. The molecule has 1 aliphatic carbocycles. The third kappa shape index (κ3) is 5.38. The van der Waals surface area contributed by atoms with E-state index in [1.54, 1.807) is 0 Å². The fourth-order valence-corrected chi connectivity index (χ4v) is 2.35. The largest absolute Gasteiger partial charge is 0.466 e. The number of hydrogen-bond acceptors (Lipinski definition) is 4. The summed E-state index contributed by atoms with van der Waals surface area (Å²) in [5, 5.41) is 6.94. The number of hydrogen-bond donors (Lipinski definition) is 2. The van der Waals surface area contributed by atoms with E-state index in [1.165, 1.54) is 24.1 Å². The highest BCUT2D eigenvalue weighted by molar-refractivity contribution is 5.69. The van der Waals surface area contributed by atoms with Crippen molar-refractivity contribution >= 4 is 11.7 Å². The van der Waals surface area contributed by atoms with Crippen LogP contribution in [0.25, 0.3) is 0 Å². The normalized spacial score (nSPS) is 15.5. The Labute approximate surface area is 127 Å². The average molecular weight is 290 g/mol. The van der Waals surface area contributed by atoms with Crippen LogP contribution in [0.2, 0.25) is 0 Å². The number of ether oxygens (including phenoxy) is 1. The van der Waals surface area contributed by atoms with Crippen LogP contribution in [-0.4, -0.2) is 25.7 Å². The van der Waals surface area contributed by atoms with Crippen molar-refractivity contribution in [1.29, 1.82) is 0 Å². The number of esters is 1. The Morgan fingerprint density at radius 1 is 1.38 bits per heavy atom. The minimum atomic E-state index is -0.141. The monoisotopic (exact) mass is 290 g/mol. The first-order valence-electron chi connectivity index (χ1n) is 7.92. The third-order valence-corrected chi connectivity index (χ3v) is 3.79. The fraction of sp³-hybridized carbons (Fsp3) is 0.588. The van der Waals surface area contributed by atoms with Crippen LogP contribution in [0.5, 0.6) is 0 Å². The number of carbonyl (C=O) groups is 1. The molecule has 2 N–H and O–H groups in total. The smallest absolute Gasteiger partial charge is 0.307 e. The minimum Gasteiger partial charge on any atom is -0.466 e. The second kappa shape index (κ2) is 8.03. The molecule has 1 saturated carbocycles. The van der Waals surface area contributed by atoms with Gasteiger partial charge in [0.25, 0.3) is 0 Å². The highest BCUT2D eigenvalue weighted by Gasteiger charge is 2.21. The van der Waals surface area contributed by atoms with Crippen molar-refractivity contribution in [1.82, 2.24) is 5.32 Å². The molecule has 0 aromatic heterocycles. The summed E-state index contributed by atoms with van der Waals surface area (Å²) < 4.78 is 4.93. The lowest BCUT2D eigenvalue weighted by Crippen LogP contribution is -2.23. The van der Waals surface area contributed by atoms with Crippen molar-refractivity contribution in [3.63, 3.8) is 0 Å². The number of rotatable bonds is 9. The molecule has 0 radical (unpaired) electrons. The van der Waals surface area contributed by atoms with E-state index in [2.05, 4.69) is 41.8 Å². The summed E-state index contributed by atoms with van der Waals surface area (Å²) in [6.45, 7) is 6.10. The SMILES string of the molecule is CCOC(=O)CCNC(C)c1ccccc1NCC1CC1. The maximum Gasteiger partial charge on any atom is 0.307 e. The number of nitrogens with one attached hydrogen (secondary N) is 2. The Morgan fingerprint density at radius 3 is 2.86 bits per heavy atom. The van der Waals surface area contributed by atoms with E-state index in [-0.39, 0.29) is 12.0 Å². The molecule has 116 valence electrons. The van der Waals surface area contributed by atoms with E-state index in [4.69, 9.17) is 4.74 Å². The van der Waals surface area contributed by atoms with E-state index in [0.29, 0.717) is 19.6 Å². The molecule has 2 rings (SSSR count). The zero-order chi connectivity index (χ0) is 15.1. The predicted molar refractivity (Wildman–Crippen MR) is 85.3 cm³/mol. The summed E-state index contributed by atoms with van der Waals surface area (Å²) in [5.74, 6) is 0.711. The van der Waals surface area contributed by atoms with E-state index in [0.717, 1.165) is 12.5 Å². The van der Waals surface area contributed by atoms with Crippen molar-refractivity contribution in [3.8, 4) is 0 Å². The molecule has 0 bridgehead atoms. The minimum absolute atomic E-state index is 0.141. The Hall–Kier alpha value is -1.55. The number of carbonyl (C=O) groups excluding carboxylic acids is 1. The summed E-state index contributed by atoms with van der Waals surface area (Å²) in [6, 6.07) is 8.59. The first-order valence-corrected chi connectivity index (χ1v) is 7.92. The van der Waals surface area contributed by atoms with Gasteiger partial charge in [-0.25, -0.2) is 0 Å². The summed E-state index contributed by atoms with van der Waals surface area (Å²) in [7, 11) is 0. The van der Waals surface area contributed by atoms with Gasteiger partial charge in [-0.1, -0.05) is 18.2 Å². The number of anilines is 1. The van der Waals surface area contributed by atoms with Crippen molar-refractivity contribution in [2.75, 3.05) is 25.0 Å². The van der Waals surface area contributed by atoms with Crippen LogP contribution in [0.4, 0.5) is 5.69 Å². The van der Waals surface area contributed by atoms with Gasteiger partial charge >= 0.3 is 5.97 Å². The molecule has 0 saturated heterocycles. The van der Waals surface area contributed by atoms with E-state index in [1.807, 2.05) is 6.92 Å². The van der Waals surface area contributed by atoms with Gasteiger partial charge in [0, 0.05) is 24.8 Å². The van der Waals surface area contributed by atoms with E-state index < -0.39 is 0 Å². The van der Waals surface area contributed by atoms with E-state index in [9.17, 15) is 4.79 Å². The Kier molecular flexibility index (Phi) is 6.05. The number of benzene rings is 1. The van der Waals surface area contributed by atoms with Crippen LogP contribution in [0, 0.1) is 5.92 Å². The average Bonchev–Trinajstić information content (AvgIpc) is 3.30. The topological polar surface area (TPSA) is 50.4 Å². The molecule has 4 nitrogen and oxygen atoms in total. The first-order chi connectivity index (χ1) is 10.2. The molecule has 1 unspecified atom stereocenters. The van der Waals surface area contributed by atoms with Gasteiger partial charge < -0.3 is 15.4 Å². The van der Waals surface area contributed by atoms with Crippen LogP contribution in [0.1, 0.15) is 44.7 Å². The molecule has 1 atom stereocenters. The van der Waals surface area contributed by atoms with Crippen LogP contribution in [0.3, 0.4) is 0 Å². The van der Waals surface area contributed by atoms with Gasteiger partial charge in [0.2, 0.25) is 0 Å². The lowest BCUT2D eigenvalue weighted by Gasteiger charge is -2.19. The molecule has 1 fully saturated rings. The van der Waals surface area contributed by atoms with Crippen LogP contribution < -0.4 is 10.6 Å². The summed E-state index contributed by atoms with van der Waals surface area (Å²) in [5.41, 5.74) is 2.45. The third-order valence-electron chi connectivity index (χ3n) is 3.79. The number of para-hydroxylation sites is 1. The molecular formula is C17H26N2O2. The van der Waals surface area contributed by atoms with Gasteiger partial charge in [0.15, 0.2) is 0 Å². The van der Waals surface area contributed by atoms with Gasteiger partial charge in [-0.15, -0.1) is 0 Å². The molecular weight excluding hydrogens is 264 g/mol. The zero-order valence-corrected chi connectivity index (χ0v) is 13.0. The second-order valence-corrected chi connectivity index (χ2v) is 5.64. The highest BCUT2D eigenvalue weighted by Crippen LogP contribution is 2.30. The molecule has 0 spiro atoms. The van der Waals surface area contributed by atoms with Crippen molar-refractivity contribution in [2.45, 2.75) is 39.2 Å². The summed E-state index contributed by atoms with van der Waals surface area (Å²) in [4.78, 5) is 11.3. The van der Waals surface area contributed by atoms with Crippen LogP contribution in [0.15, 0.2) is 24.3 Å². The molecule has 1 aliphatic rings. The first kappa shape index (κ1) is 15.8. The second-order valence-electron chi connectivity index (χ2n) is 5.64. The maximum absolute atomic E-state index is 11.3. The highest BCUT2D eigenvalue weighted by atomic mass is 16.5. The van der Waals surface area contributed by atoms with Gasteiger partial charge in [0.05, 0.1) is 13.0 Å². The summed E-state index contributed by atoms with van der Waals surface area (Å²) >= 11 is 0. The molecule has 0 aliphatic heterocycles. The molecule has 4 heteroatoms. The quantitative estimate of drug-likeness (QED) is 0.686. The zero-order valence-electron chi connectivity index (χ0n) is 13.0. The molecule has 0 amide bonds. The van der Waals surface area contributed by atoms with Crippen molar-refractivity contribution in [2.24, 2.45) is 5.92 Å². The molecule has 1 aromatic carbocycles. The molecule has 21 heavy (non-hydrogen) atoms. The van der Waals surface area contributed by atoms with Crippen molar-refractivity contribution in [3.05, 3.63) is 29.8 Å². The van der Waals surface area contributed by atoms with Gasteiger partial charge in [0.1, 0.15) is 0 Å². The molecule has 1 aromatic rings. The Balaban J connectivity index is 1.82. The maximum atomic E-state index is 11.3. The van der Waals surface area contributed by atoms with Crippen molar-refractivity contribution < 1.29 is 9.53 Å². The van der Waals surface area contributed by atoms with Crippen LogP contribution >= 0.6 is 0 Å². The Morgan fingerprint density at radius 2 is 2.14 bits per heavy atom. The standard InChI is InChI=1S/C17H26N2O2/c1-3-21-17(20)10-11-18-13(2)15-6-4-5-7-16(15)19-12-14-8-9-14/h4-7,13-14,18-19H,3,8-12H2,1-2H3. The van der Waals surface area contributed by atoms with Crippen LogP contribution in [-0.2, 0) is 9.53 Å². The van der Waals surface area contributed by atoms with Gasteiger partial charge in [-0.3, -0.25) is 4.79 Å². The lowest BCUT2D eigenvalue weighted by atomic mass is 10.1. The Bertz CT molecular complexity index is 458. The predicted octanol–water partition coefficient (Wildman–Crippen LogP) is 3.11. The van der Waals surface area contributed by atoms with E-state index >= 15 is 0 Å². The van der Waals surface area contributed by atoms with Gasteiger partial charge in [-0.05, 0) is 44.2 Å². The summed E-state index contributed by atoms with van der Waals surface area (Å²) in [6.07, 6.45) is 3.11. The van der Waals surface area contributed by atoms with Gasteiger partial charge in [-0.2, -0.15) is 0 Å². The fourth-order valence-electron chi connectivity index (χ4n) is 2.35. The molecule has 0 heterocycles.